The molecule has 0 aliphatic heterocycles. The van der Waals surface area contributed by atoms with Crippen LogP contribution in [0.2, 0.25) is 0 Å². The fraction of sp³-hybridized carbons (Fsp3) is 0.316. The molecule has 0 aliphatic rings. The highest BCUT2D eigenvalue weighted by Gasteiger charge is 2.04. The highest BCUT2D eigenvalue weighted by atomic mass is 16.5. The predicted octanol–water partition coefficient (Wildman–Crippen LogP) is 2.72. The van der Waals surface area contributed by atoms with Crippen molar-refractivity contribution in [3.05, 3.63) is 59.7 Å². The molecular weight excluding hydrogens is 320 g/mol. The summed E-state index contributed by atoms with van der Waals surface area (Å²) in [5.74, 6) is 1.51. The van der Waals surface area contributed by atoms with E-state index in [1.165, 1.54) is 0 Å². The minimum absolute atomic E-state index is 0.231. The van der Waals surface area contributed by atoms with Crippen LogP contribution in [-0.2, 0) is 17.9 Å². The molecule has 2 aromatic rings. The topological polar surface area (TPSA) is 68.8 Å². The maximum absolute atomic E-state index is 11.9. The Morgan fingerprint density at radius 2 is 1.60 bits per heavy atom. The second kappa shape index (κ2) is 10.2. The molecule has 0 heterocycles. The van der Waals surface area contributed by atoms with E-state index in [1.807, 2.05) is 48.5 Å². The molecule has 0 bridgehead atoms. The molecule has 2 aromatic carbocycles. The van der Waals surface area contributed by atoms with Gasteiger partial charge in [0.2, 0.25) is 0 Å². The van der Waals surface area contributed by atoms with Crippen molar-refractivity contribution >= 4 is 6.03 Å². The van der Waals surface area contributed by atoms with Crippen LogP contribution in [0.3, 0.4) is 0 Å². The first-order valence-corrected chi connectivity index (χ1v) is 8.07. The SMILES string of the molecule is COCc1ccccc1CNC(=O)NCCOc1ccc(OC)cc1. The quantitative estimate of drug-likeness (QED) is 0.686. The van der Waals surface area contributed by atoms with Crippen molar-refractivity contribution in [3.63, 3.8) is 0 Å². The molecule has 134 valence electrons. The molecule has 6 nitrogen and oxygen atoms in total. The Hall–Kier alpha value is -2.73. The first kappa shape index (κ1) is 18.6. The zero-order valence-corrected chi connectivity index (χ0v) is 14.6. The summed E-state index contributed by atoms with van der Waals surface area (Å²) in [5.41, 5.74) is 2.10. The molecule has 2 rings (SSSR count). The van der Waals surface area contributed by atoms with Crippen LogP contribution in [0, 0.1) is 0 Å². The number of methoxy groups -OCH3 is 2. The molecule has 2 N–H and O–H groups in total. The normalized spacial score (nSPS) is 10.2. The van der Waals surface area contributed by atoms with Gasteiger partial charge < -0.3 is 24.8 Å². The zero-order valence-electron chi connectivity index (χ0n) is 14.6. The zero-order chi connectivity index (χ0) is 17.9. The number of carbonyl (C=O) groups is 1. The Balaban J connectivity index is 1.67. The molecule has 0 aliphatic carbocycles. The third-order valence-electron chi connectivity index (χ3n) is 3.57. The number of amides is 2. The van der Waals surface area contributed by atoms with Crippen LogP contribution in [0.5, 0.6) is 11.5 Å². The van der Waals surface area contributed by atoms with E-state index in [9.17, 15) is 4.79 Å². The number of rotatable bonds is 9. The Bertz CT molecular complexity index is 659. The molecule has 6 heteroatoms. The Labute approximate surface area is 148 Å². The van der Waals surface area contributed by atoms with Gasteiger partial charge in [0, 0.05) is 13.7 Å². The van der Waals surface area contributed by atoms with Crippen molar-refractivity contribution in [1.29, 1.82) is 0 Å². The molecule has 0 spiro atoms. The van der Waals surface area contributed by atoms with Gasteiger partial charge in [0.05, 0.1) is 20.3 Å². The number of carbonyl (C=O) groups excluding carboxylic acids is 1. The standard InChI is InChI=1S/C19H24N2O4/c1-23-14-16-6-4-3-5-15(16)13-21-19(22)20-11-12-25-18-9-7-17(24-2)8-10-18/h3-10H,11-14H2,1-2H3,(H2,20,21,22). The van der Waals surface area contributed by atoms with E-state index in [1.54, 1.807) is 14.2 Å². The van der Waals surface area contributed by atoms with Crippen LogP contribution < -0.4 is 20.1 Å². The number of hydrogen-bond acceptors (Lipinski definition) is 4. The second-order valence-corrected chi connectivity index (χ2v) is 5.34. The van der Waals surface area contributed by atoms with Crippen LogP contribution in [0.1, 0.15) is 11.1 Å². The van der Waals surface area contributed by atoms with E-state index in [-0.39, 0.29) is 6.03 Å². The van der Waals surface area contributed by atoms with Crippen molar-refractivity contribution < 1.29 is 19.0 Å². The molecule has 25 heavy (non-hydrogen) atoms. The molecule has 0 fully saturated rings. The largest absolute Gasteiger partial charge is 0.497 e. The molecule has 0 unspecified atom stereocenters. The summed E-state index contributed by atoms with van der Waals surface area (Å²) < 4.78 is 15.8. The molecule has 0 aromatic heterocycles. The minimum atomic E-state index is -0.231. The van der Waals surface area contributed by atoms with Gasteiger partial charge in [-0.1, -0.05) is 24.3 Å². The number of ether oxygens (including phenoxy) is 3. The molecule has 2 amide bonds. The van der Waals surface area contributed by atoms with Crippen molar-refractivity contribution in [2.45, 2.75) is 13.2 Å². The third-order valence-corrected chi connectivity index (χ3v) is 3.57. The lowest BCUT2D eigenvalue weighted by molar-refractivity contribution is 0.184. The number of urea groups is 1. The first-order valence-electron chi connectivity index (χ1n) is 8.07. The van der Waals surface area contributed by atoms with E-state index >= 15 is 0 Å². The van der Waals surface area contributed by atoms with Crippen molar-refractivity contribution in [3.8, 4) is 11.5 Å². The summed E-state index contributed by atoms with van der Waals surface area (Å²) in [7, 11) is 3.27. The highest BCUT2D eigenvalue weighted by molar-refractivity contribution is 5.73. The molecule has 0 saturated carbocycles. The van der Waals surface area contributed by atoms with Gasteiger partial charge in [-0.3, -0.25) is 0 Å². The summed E-state index contributed by atoms with van der Waals surface area (Å²) in [5, 5.41) is 5.60. The summed E-state index contributed by atoms with van der Waals surface area (Å²) in [6.45, 7) is 1.78. The second-order valence-electron chi connectivity index (χ2n) is 5.34. The molecular formula is C19H24N2O4. The van der Waals surface area contributed by atoms with Gasteiger partial charge in [0.1, 0.15) is 18.1 Å². The minimum Gasteiger partial charge on any atom is -0.497 e. The van der Waals surface area contributed by atoms with Crippen LogP contribution in [0.25, 0.3) is 0 Å². The van der Waals surface area contributed by atoms with Crippen LogP contribution in [-0.4, -0.2) is 33.4 Å². The molecule has 0 atom stereocenters. The fourth-order valence-corrected chi connectivity index (χ4v) is 2.27. The van der Waals surface area contributed by atoms with E-state index in [4.69, 9.17) is 14.2 Å². The summed E-state index contributed by atoms with van der Waals surface area (Å²) >= 11 is 0. The van der Waals surface area contributed by atoms with Crippen LogP contribution >= 0.6 is 0 Å². The maximum Gasteiger partial charge on any atom is 0.315 e. The van der Waals surface area contributed by atoms with Crippen molar-refractivity contribution in [2.75, 3.05) is 27.4 Å². The van der Waals surface area contributed by atoms with Gasteiger partial charge in [0.25, 0.3) is 0 Å². The fourth-order valence-electron chi connectivity index (χ4n) is 2.27. The van der Waals surface area contributed by atoms with Gasteiger partial charge in [-0.25, -0.2) is 4.79 Å². The number of hydrogen-bond donors (Lipinski definition) is 2. The third kappa shape index (κ3) is 6.35. The van der Waals surface area contributed by atoms with E-state index in [0.717, 1.165) is 22.6 Å². The van der Waals surface area contributed by atoms with Gasteiger partial charge >= 0.3 is 6.03 Å². The summed E-state index contributed by atoms with van der Waals surface area (Å²) in [4.78, 5) is 11.9. The highest BCUT2D eigenvalue weighted by Crippen LogP contribution is 2.16. The molecule has 0 saturated heterocycles. The summed E-state index contributed by atoms with van der Waals surface area (Å²) in [6, 6.07) is 14.9. The average molecular weight is 344 g/mol. The number of benzene rings is 2. The van der Waals surface area contributed by atoms with Crippen LogP contribution in [0.15, 0.2) is 48.5 Å². The van der Waals surface area contributed by atoms with Gasteiger partial charge in [-0.2, -0.15) is 0 Å². The van der Waals surface area contributed by atoms with E-state index < -0.39 is 0 Å². The van der Waals surface area contributed by atoms with E-state index in [2.05, 4.69) is 10.6 Å². The smallest absolute Gasteiger partial charge is 0.315 e. The van der Waals surface area contributed by atoms with Crippen molar-refractivity contribution in [2.24, 2.45) is 0 Å². The Morgan fingerprint density at radius 3 is 2.28 bits per heavy atom. The lowest BCUT2D eigenvalue weighted by Crippen LogP contribution is -2.37. The van der Waals surface area contributed by atoms with Gasteiger partial charge in [-0.05, 0) is 35.4 Å². The lowest BCUT2D eigenvalue weighted by Gasteiger charge is -2.11. The maximum atomic E-state index is 11.9. The van der Waals surface area contributed by atoms with Crippen LogP contribution in [0.4, 0.5) is 4.79 Å². The monoisotopic (exact) mass is 344 g/mol. The predicted molar refractivity (Wildman–Crippen MR) is 95.9 cm³/mol. The first-order chi connectivity index (χ1) is 12.2. The summed E-state index contributed by atoms with van der Waals surface area (Å²) in [6.07, 6.45) is 0. The average Bonchev–Trinajstić information content (AvgIpc) is 2.65. The number of nitrogens with one attached hydrogen (secondary N) is 2. The Morgan fingerprint density at radius 1 is 0.920 bits per heavy atom. The lowest BCUT2D eigenvalue weighted by atomic mass is 10.1. The Kier molecular flexibility index (Phi) is 7.59. The van der Waals surface area contributed by atoms with Crippen molar-refractivity contribution in [1.82, 2.24) is 10.6 Å². The van der Waals surface area contributed by atoms with Gasteiger partial charge in [0.15, 0.2) is 0 Å². The van der Waals surface area contributed by atoms with Gasteiger partial charge in [-0.15, -0.1) is 0 Å². The van der Waals surface area contributed by atoms with E-state index in [0.29, 0.717) is 26.3 Å². The molecule has 0 radical (unpaired) electrons.